The molecule has 3 rings (SSSR count). The lowest BCUT2D eigenvalue weighted by molar-refractivity contribution is -0.116. The quantitative estimate of drug-likeness (QED) is 0.266. The molecule has 0 atom stereocenters. The molecule has 0 bridgehead atoms. The summed E-state index contributed by atoms with van der Waals surface area (Å²) < 4.78 is 11.6. The van der Waals surface area contributed by atoms with E-state index < -0.39 is 0 Å². The number of hydrogen-bond acceptors (Lipinski definition) is 3. The Labute approximate surface area is 193 Å². The first-order valence-corrected chi connectivity index (χ1v) is 11.3. The SMILES string of the molecule is CCCCCNC(=O)/C=C(\C)c1cc2c(-c3ccc(Cl)cc3Cl)coc2cc1OCC. The summed E-state index contributed by atoms with van der Waals surface area (Å²) in [5.74, 6) is 0.565. The predicted molar refractivity (Wildman–Crippen MR) is 129 cm³/mol. The number of carbonyl (C=O) groups excluding carboxylic acids is 1. The topological polar surface area (TPSA) is 51.5 Å². The summed E-state index contributed by atoms with van der Waals surface area (Å²) in [6.45, 7) is 7.15. The normalized spacial score (nSPS) is 11.7. The monoisotopic (exact) mass is 459 g/mol. The number of allylic oxidation sites excluding steroid dienone is 1. The molecule has 0 unspecified atom stereocenters. The maximum atomic E-state index is 12.4. The van der Waals surface area contributed by atoms with E-state index in [9.17, 15) is 4.79 Å². The van der Waals surface area contributed by atoms with Crippen molar-refractivity contribution in [2.45, 2.75) is 40.0 Å². The molecule has 0 aliphatic heterocycles. The van der Waals surface area contributed by atoms with Gasteiger partial charge in [0.05, 0.1) is 17.9 Å². The lowest BCUT2D eigenvalue weighted by Gasteiger charge is -2.12. The van der Waals surface area contributed by atoms with Crippen LogP contribution in [0.3, 0.4) is 0 Å². The molecule has 0 saturated carbocycles. The van der Waals surface area contributed by atoms with Gasteiger partial charge in [-0.1, -0.05) is 49.0 Å². The van der Waals surface area contributed by atoms with Crippen molar-refractivity contribution in [2.75, 3.05) is 13.2 Å². The zero-order valence-corrected chi connectivity index (χ0v) is 19.6. The van der Waals surface area contributed by atoms with Crippen LogP contribution >= 0.6 is 23.2 Å². The van der Waals surface area contributed by atoms with Crippen LogP contribution in [-0.4, -0.2) is 19.1 Å². The maximum Gasteiger partial charge on any atom is 0.244 e. The third-order valence-electron chi connectivity index (χ3n) is 5.05. The highest BCUT2D eigenvalue weighted by molar-refractivity contribution is 6.36. The number of nitrogens with one attached hydrogen (secondary N) is 1. The van der Waals surface area contributed by atoms with Crippen LogP contribution in [0, 0.1) is 0 Å². The molecule has 1 aromatic heterocycles. The molecule has 1 amide bonds. The highest BCUT2D eigenvalue weighted by atomic mass is 35.5. The van der Waals surface area contributed by atoms with Crippen molar-refractivity contribution in [1.29, 1.82) is 0 Å². The van der Waals surface area contributed by atoms with Gasteiger partial charge in [-0.3, -0.25) is 4.79 Å². The third-order valence-corrected chi connectivity index (χ3v) is 5.60. The highest BCUT2D eigenvalue weighted by Crippen LogP contribution is 2.40. The first-order chi connectivity index (χ1) is 14.9. The number of rotatable bonds is 9. The molecule has 0 radical (unpaired) electrons. The molecule has 6 heteroatoms. The van der Waals surface area contributed by atoms with Crippen molar-refractivity contribution in [3.63, 3.8) is 0 Å². The van der Waals surface area contributed by atoms with Gasteiger partial charge in [0, 0.05) is 45.8 Å². The van der Waals surface area contributed by atoms with Crippen LogP contribution in [0.25, 0.3) is 27.7 Å². The van der Waals surface area contributed by atoms with Crippen molar-refractivity contribution in [1.82, 2.24) is 5.32 Å². The fraction of sp³-hybridized carbons (Fsp3) is 0.320. The fourth-order valence-corrected chi connectivity index (χ4v) is 3.98. The van der Waals surface area contributed by atoms with Crippen LogP contribution in [0.4, 0.5) is 0 Å². The number of ether oxygens (including phenoxy) is 1. The molecule has 0 saturated heterocycles. The van der Waals surface area contributed by atoms with Crippen molar-refractivity contribution in [3.8, 4) is 16.9 Å². The molecule has 3 aromatic rings. The molecule has 2 aromatic carbocycles. The minimum atomic E-state index is -0.107. The van der Waals surface area contributed by atoms with E-state index >= 15 is 0 Å². The largest absolute Gasteiger partial charge is 0.493 e. The summed E-state index contributed by atoms with van der Waals surface area (Å²) in [5.41, 5.74) is 4.02. The van der Waals surface area contributed by atoms with Crippen LogP contribution in [0.15, 0.2) is 47.1 Å². The van der Waals surface area contributed by atoms with Crippen LogP contribution in [0.5, 0.6) is 5.75 Å². The number of fused-ring (bicyclic) bond motifs is 1. The Morgan fingerprint density at radius 3 is 2.65 bits per heavy atom. The van der Waals surface area contributed by atoms with Gasteiger partial charge in [0.25, 0.3) is 0 Å². The van der Waals surface area contributed by atoms with E-state index in [1.807, 2.05) is 32.0 Å². The van der Waals surface area contributed by atoms with E-state index in [0.717, 1.165) is 46.9 Å². The Bertz CT molecular complexity index is 1100. The van der Waals surface area contributed by atoms with Gasteiger partial charge >= 0.3 is 0 Å². The van der Waals surface area contributed by atoms with Gasteiger partial charge in [-0.2, -0.15) is 0 Å². The maximum absolute atomic E-state index is 12.4. The molecule has 0 fully saturated rings. The van der Waals surface area contributed by atoms with Gasteiger partial charge in [0.1, 0.15) is 11.3 Å². The van der Waals surface area contributed by atoms with E-state index in [1.165, 1.54) is 0 Å². The van der Waals surface area contributed by atoms with E-state index in [4.69, 9.17) is 32.4 Å². The summed E-state index contributed by atoms with van der Waals surface area (Å²) in [4.78, 5) is 12.4. The second kappa shape index (κ2) is 10.7. The first kappa shape index (κ1) is 23.2. The summed E-state index contributed by atoms with van der Waals surface area (Å²) in [5, 5.41) is 4.95. The van der Waals surface area contributed by atoms with Gasteiger partial charge in [-0.25, -0.2) is 0 Å². The predicted octanol–water partition coefficient (Wildman–Crippen LogP) is 7.52. The number of amides is 1. The smallest absolute Gasteiger partial charge is 0.244 e. The number of carbonyl (C=O) groups is 1. The van der Waals surface area contributed by atoms with Gasteiger partial charge in [0.2, 0.25) is 5.91 Å². The number of halogens is 2. The van der Waals surface area contributed by atoms with E-state index in [0.29, 0.717) is 34.5 Å². The van der Waals surface area contributed by atoms with Gasteiger partial charge in [-0.05, 0) is 44.0 Å². The molecule has 1 heterocycles. The van der Waals surface area contributed by atoms with E-state index in [1.54, 1.807) is 24.5 Å². The van der Waals surface area contributed by atoms with Gasteiger partial charge in [-0.15, -0.1) is 0 Å². The Kier molecular flexibility index (Phi) is 8.05. The highest BCUT2D eigenvalue weighted by Gasteiger charge is 2.17. The molecular formula is C25H27Cl2NO3. The molecule has 4 nitrogen and oxygen atoms in total. The molecule has 1 N–H and O–H groups in total. The fourth-order valence-electron chi connectivity index (χ4n) is 3.47. The third kappa shape index (κ3) is 5.63. The van der Waals surface area contributed by atoms with Crippen LogP contribution in [-0.2, 0) is 4.79 Å². The van der Waals surface area contributed by atoms with Crippen LogP contribution < -0.4 is 10.1 Å². The van der Waals surface area contributed by atoms with Crippen molar-refractivity contribution < 1.29 is 13.9 Å². The molecule has 0 aliphatic carbocycles. The van der Waals surface area contributed by atoms with Crippen molar-refractivity contribution >= 4 is 45.7 Å². The molecule has 0 aliphatic rings. The Balaban J connectivity index is 2.00. The number of benzene rings is 2. The molecular weight excluding hydrogens is 433 g/mol. The average Bonchev–Trinajstić information content (AvgIpc) is 3.13. The standard InChI is InChI=1S/C25H27Cl2NO3/c1-4-6-7-10-28-25(29)11-16(3)19-13-20-21(18-9-8-17(26)12-22(18)27)15-31-24(20)14-23(19)30-5-2/h8-9,11-15H,4-7,10H2,1-3H3,(H,28,29)/b16-11+. The summed E-state index contributed by atoms with van der Waals surface area (Å²) in [6, 6.07) is 9.22. The van der Waals surface area contributed by atoms with Gasteiger partial charge in [0.15, 0.2) is 0 Å². The lowest BCUT2D eigenvalue weighted by Crippen LogP contribution is -2.22. The summed E-state index contributed by atoms with van der Waals surface area (Å²) >= 11 is 12.5. The molecule has 31 heavy (non-hydrogen) atoms. The lowest BCUT2D eigenvalue weighted by atomic mass is 9.99. The zero-order chi connectivity index (χ0) is 22.4. The van der Waals surface area contributed by atoms with E-state index in [2.05, 4.69) is 12.2 Å². The van der Waals surface area contributed by atoms with E-state index in [-0.39, 0.29) is 5.91 Å². The number of furan rings is 1. The second-order valence-electron chi connectivity index (χ2n) is 7.38. The minimum Gasteiger partial charge on any atom is -0.493 e. The number of unbranched alkanes of at least 4 members (excludes halogenated alkanes) is 2. The van der Waals surface area contributed by atoms with Crippen molar-refractivity contribution in [3.05, 3.63) is 58.3 Å². The summed E-state index contributed by atoms with van der Waals surface area (Å²) in [7, 11) is 0. The molecule has 164 valence electrons. The van der Waals surface area contributed by atoms with Gasteiger partial charge < -0.3 is 14.5 Å². The Morgan fingerprint density at radius 2 is 1.94 bits per heavy atom. The van der Waals surface area contributed by atoms with Crippen LogP contribution in [0.2, 0.25) is 10.0 Å². The average molecular weight is 460 g/mol. The first-order valence-electron chi connectivity index (χ1n) is 10.5. The van der Waals surface area contributed by atoms with Crippen LogP contribution in [0.1, 0.15) is 45.6 Å². The Hall–Kier alpha value is -2.43. The Morgan fingerprint density at radius 1 is 1.13 bits per heavy atom. The van der Waals surface area contributed by atoms with Crippen molar-refractivity contribution in [2.24, 2.45) is 0 Å². The second-order valence-corrected chi connectivity index (χ2v) is 8.22. The summed E-state index contributed by atoms with van der Waals surface area (Å²) in [6.07, 6.45) is 6.49. The molecule has 0 spiro atoms. The number of hydrogen-bond donors (Lipinski definition) is 1. The minimum absolute atomic E-state index is 0.107. The zero-order valence-electron chi connectivity index (χ0n) is 18.1.